The second-order valence-electron chi connectivity index (χ2n) is 5.64. The number of hydrogen-bond acceptors (Lipinski definition) is 5. The summed E-state index contributed by atoms with van der Waals surface area (Å²) in [4.78, 5) is 2.12. The summed E-state index contributed by atoms with van der Waals surface area (Å²) < 4.78 is 23.2. The van der Waals surface area contributed by atoms with Crippen LogP contribution in [0.3, 0.4) is 0 Å². The van der Waals surface area contributed by atoms with Crippen LogP contribution in [-0.4, -0.2) is 66.4 Å². The van der Waals surface area contributed by atoms with Gasteiger partial charge in [0.2, 0.25) is 0 Å². The van der Waals surface area contributed by atoms with Crippen LogP contribution in [0.1, 0.15) is 32.1 Å². The molecule has 1 saturated heterocycles. The van der Waals surface area contributed by atoms with E-state index in [9.17, 15) is 13.5 Å². The Kier molecular flexibility index (Phi) is 4.31. The van der Waals surface area contributed by atoms with Crippen molar-refractivity contribution in [1.29, 1.82) is 0 Å². The third-order valence-corrected chi connectivity index (χ3v) is 5.96. The normalized spacial score (nSPS) is 30.9. The van der Waals surface area contributed by atoms with E-state index in [4.69, 9.17) is 5.11 Å². The third-order valence-electron chi connectivity index (χ3n) is 4.26. The summed E-state index contributed by atoms with van der Waals surface area (Å²) in [6, 6.07) is -0.0857. The highest BCUT2D eigenvalue weighted by molar-refractivity contribution is 7.91. The quantitative estimate of drug-likeness (QED) is 0.726. The monoisotopic (exact) mass is 277 g/mol. The molecule has 1 saturated carbocycles. The minimum atomic E-state index is -2.95. The van der Waals surface area contributed by atoms with Crippen molar-refractivity contribution in [3.05, 3.63) is 0 Å². The molecule has 1 unspecified atom stereocenters. The second-order valence-corrected chi connectivity index (χ2v) is 7.87. The number of rotatable bonds is 5. The van der Waals surface area contributed by atoms with Gasteiger partial charge in [-0.2, -0.15) is 0 Å². The predicted molar refractivity (Wildman–Crippen MR) is 69.1 cm³/mol. The van der Waals surface area contributed by atoms with Gasteiger partial charge in [-0.25, -0.2) is 8.42 Å². The average Bonchev–Trinajstić information content (AvgIpc) is 2.25. The number of hydrogen-bond donors (Lipinski definition) is 2. The molecule has 1 atom stereocenters. The Morgan fingerprint density at radius 1 is 1.33 bits per heavy atom. The van der Waals surface area contributed by atoms with E-state index in [0.717, 1.165) is 32.2 Å². The van der Waals surface area contributed by atoms with Gasteiger partial charge in [0, 0.05) is 25.7 Å². The zero-order valence-electron chi connectivity index (χ0n) is 10.7. The zero-order chi connectivity index (χ0) is 13.2. The van der Waals surface area contributed by atoms with E-state index in [-0.39, 0.29) is 24.2 Å². The Hall–Kier alpha value is -0.170. The first-order valence-electron chi connectivity index (χ1n) is 6.72. The van der Waals surface area contributed by atoms with Crippen molar-refractivity contribution in [2.75, 3.05) is 31.2 Å². The number of sulfone groups is 1. The van der Waals surface area contributed by atoms with Crippen molar-refractivity contribution in [2.45, 2.75) is 43.7 Å². The van der Waals surface area contributed by atoms with Crippen LogP contribution in [0.4, 0.5) is 0 Å². The van der Waals surface area contributed by atoms with Gasteiger partial charge < -0.3 is 10.2 Å². The number of nitrogens with zero attached hydrogens (tertiary/aromatic N) is 1. The van der Waals surface area contributed by atoms with Crippen LogP contribution in [-0.2, 0) is 9.84 Å². The summed E-state index contributed by atoms with van der Waals surface area (Å²) >= 11 is 0. The van der Waals surface area contributed by atoms with Crippen LogP contribution >= 0.6 is 0 Å². The molecule has 0 bridgehead atoms. The minimum absolute atomic E-state index is 0.0148. The highest BCUT2D eigenvalue weighted by Gasteiger charge is 2.36. The summed E-state index contributed by atoms with van der Waals surface area (Å²) in [7, 11) is -2.95. The SMILES string of the molecule is O=S1(=O)CCN(CCC2(O)CCC2)C(CCO)C1. The maximum Gasteiger partial charge on any atom is 0.153 e. The van der Waals surface area contributed by atoms with Crippen molar-refractivity contribution in [3.63, 3.8) is 0 Å². The third kappa shape index (κ3) is 3.44. The molecule has 2 fully saturated rings. The molecule has 2 aliphatic rings. The largest absolute Gasteiger partial charge is 0.396 e. The Labute approximate surface area is 109 Å². The summed E-state index contributed by atoms with van der Waals surface area (Å²) in [6.07, 6.45) is 4.03. The molecule has 0 aromatic carbocycles. The highest BCUT2D eigenvalue weighted by atomic mass is 32.2. The molecule has 0 aromatic rings. The van der Waals surface area contributed by atoms with E-state index in [2.05, 4.69) is 4.90 Å². The molecule has 1 aliphatic carbocycles. The highest BCUT2D eigenvalue weighted by Crippen LogP contribution is 2.35. The fraction of sp³-hybridized carbons (Fsp3) is 1.00. The smallest absolute Gasteiger partial charge is 0.153 e. The van der Waals surface area contributed by atoms with Gasteiger partial charge in [0.15, 0.2) is 9.84 Å². The van der Waals surface area contributed by atoms with E-state index in [1.54, 1.807) is 0 Å². The molecule has 1 aliphatic heterocycles. The van der Waals surface area contributed by atoms with Gasteiger partial charge in [0.25, 0.3) is 0 Å². The van der Waals surface area contributed by atoms with Gasteiger partial charge in [-0.3, -0.25) is 4.90 Å². The van der Waals surface area contributed by atoms with Crippen LogP contribution in [0.25, 0.3) is 0 Å². The molecule has 106 valence electrons. The van der Waals surface area contributed by atoms with Crippen molar-refractivity contribution < 1.29 is 18.6 Å². The summed E-state index contributed by atoms with van der Waals surface area (Å²) in [5.41, 5.74) is -0.514. The van der Waals surface area contributed by atoms with Gasteiger partial charge in [0.05, 0.1) is 17.1 Å². The van der Waals surface area contributed by atoms with Crippen molar-refractivity contribution in [3.8, 4) is 0 Å². The van der Waals surface area contributed by atoms with Gasteiger partial charge in [-0.15, -0.1) is 0 Å². The molecular formula is C12H23NO4S. The van der Waals surface area contributed by atoms with Gasteiger partial charge in [-0.1, -0.05) is 0 Å². The predicted octanol–water partition coefficient (Wildman–Crippen LogP) is -0.227. The molecule has 1 heterocycles. The standard InChI is InChI=1S/C12H23NO4S/c14-8-2-11-10-18(16,17)9-7-13(11)6-5-12(15)3-1-4-12/h11,14-15H,1-10H2. The van der Waals surface area contributed by atoms with E-state index < -0.39 is 15.4 Å². The lowest BCUT2D eigenvalue weighted by atomic mass is 9.78. The van der Waals surface area contributed by atoms with E-state index in [0.29, 0.717) is 13.0 Å². The lowest BCUT2D eigenvalue weighted by Gasteiger charge is -2.41. The van der Waals surface area contributed by atoms with Crippen LogP contribution < -0.4 is 0 Å². The molecule has 0 spiro atoms. The average molecular weight is 277 g/mol. The van der Waals surface area contributed by atoms with Crippen LogP contribution in [0.15, 0.2) is 0 Å². The Morgan fingerprint density at radius 3 is 2.61 bits per heavy atom. The summed E-state index contributed by atoms with van der Waals surface area (Å²) in [5.74, 6) is 0.347. The first-order valence-corrected chi connectivity index (χ1v) is 8.54. The lowest BCUT2D eigenvalue weighted by molar-refractivity contribution is -0.0484. The lowest BCUT2D eigenvalue weighted by Crippen LogP contribution is -2.51. The first kappa shape index (κ1) is 14.2. The number of aliphatic hydroxyl groups excluding tert-OH is 1. The van der Waals surface area contributed by atoms with Gasteiger partial charge in [-0.05, 0) is 32.1 Å². The molecular weight excluding hydrogens is 254 g/mol. The maximum absolute atomic E-state index is 11.6. The minimum Gasteiger partial charge on any atom is -0.396 e. The van der Waals surface area contributed by atoms with Gasteiger partial charge in [0.1, 0.15) is 0 Å². The molecule has 0 amide bonds. The number of aliphatic hydroxyl groups is 2. The van der Waals surface area contributed by atoms with Gasteiger partial charge >= 0.3 is 0 Å². The van der Waals surface area contributed by atoms with Crippen molar-refractivity contribution in [1.82, 2.24) is 4.90 Å². The second kappa shape index (κ2) is 5.45. The molecule has 2 rings (SSSR count). The Morgan fingerprint density at radius 2 is 2.06 bits per heavy atom. The Bertz CT molecular complexity index is 378. The van der Waals surface area contributed by atoms with E-state index in [1.807, 2.05) is 0 Å². The molecule has 2 N–H and O–H groups in total. The molecule has 6 heteroatoms. The van der Waals surface area contributed by atoms with E-state index in [1.165, 1.54) is 0 Å². The summed E-state index contributed by atoms with van der Waals surface area (Å²) in [6.45, 7) is 1.28. The Balaban J connectivity index is 1.89. The van der Waals surface area contributed by atoms with E-state index >= 15 is 0 Å². The van der Waals surface area contributed by atoms with Crippen LogP contribution in [0.2, 0.25) is 0 Å². The van der Waals surface area contributed by atoms with Crippen molar-refractivity contribution in [2.24, 2.45) is 0 Å². The van der Waals surface area contributed by atoms with Crippen LogP contribution in [0.5, 0.6) is 0 Å². The summed E-state index contributed by atoms with van der Waals surface area (Å²) in [5, 5.41) is 19.1. The van der Waals surface area contributed by atoms with Crippen LogP contribution in [0, 0.1) is 0 Å². The molecule has 5 nitrogen and oxygen atoms in total. The molecule has 0 aromatic heterocycles. The topological polar surface area (TPSA) is 77.8 Å². The fourth-order valence-corrected chi connectivity index (χ4v) is 4.46. The maximum atomic E-state index is 11.6. The first-order chi connectivity index (χ1) is 8.44. The fourth-order valence-electron chi connectivity index (χ4n) is 2.82. The molecule has 0 radical (unpaired) electrons. The molecule has 18 heavy (non-hydrogen) atoms. The zero-order valence-corrected chi connectivity index (χ0v) is 11.5. The van der Waals surface area contributed by atoms with Crippen molar-refractivity contribution >= 4 is 9.84 Å².